The summed E-state index contributed by atoms with van der Waals surface area (Å²) in [6, 6.07) is 0. The number of ketones is 1. The maximum absolute atomic E-state index is 11.6. The summed E-state index contributed by atoms with van der Waals surface area (Å²) >= 11 is 0. The molecule has 3 aliphatic rings. The Balaban J connectivity index is 2.56. The molecule has 0 atom stereocenters. The molecule has 0 aromatic rings. The Morgan fingerprint density at radius 1 is 0.923 bits per heavy atom. The molecule has 13 heavy (non-hydrogen) atoms. The van der Waals surface area contributed by atoms with Gasteiger partial charge in [-0.15, -0.1) is 0 Å². The van der Waals surface area contributed by atoms with E-state index in [2.05, 4.69) is 26.3 Å². The maximum Gasteiger partial charge on any atom is 0.145 e. The van der Waals surface area contributed by atoms with E-state index in [4.69, 9.17) is 0 Å². The number of hydrogen-bond acceptors (Lipinski definition) is 1. The van der Waals surface area contributed by atoms with Gasteiger partial charge in [0.25, 0.3) is 0 Å². The summed E-state index contributed by atoms with van der Waals surface area (Å²) in [4.78, 5) is 11.6. The van der Waals surface area contributed by atoms with Crippen LogP contribution in [-0.2, 0) is 4.79 Å². The summed E-state index contributed by atoms with van der Waals surface area (Å²) in [7, 11) is 0. The van der Waals surface area contributed by atoms with Crippen LogP contribution in [0.15, 0.2) is 48.6 Å². The van der Waals surface area contributed by atoms with Crippen molar-refractivity contribution in [2.45, 2.75) is 6.42 Å². The molecule has 0 spiro atoms. The third-order valence-corrected chi connectivity index (χ3v) is 3.09. The molecule has 3 rings (SSSR count). The smallest absolute Gasteiger partial charge is 0.145 e. The largest absolute Gasteiger partial charge is 0.299 e. The number of Topliss-reactive ketones (excluding diaryl/α,β-unsaturated/α-hetero) is 1. The SMILES string of the molecule is C=C1C(=C)C2C(=C)C(=C)C1CC2=O. The minimum absolute atomic E-state index is 0.0810. The van der Waals surface area contributed by atoms with Gasteiger partial charge in [0.05, 0.1) is 5.92 Å². The Morgan fingerprint density at radius 2 is 1.38 bits per heavy atom. The van der Waals surface area contributed by atoms with Gasteiger partial charge in [-0.25, -0.2) is 0 Å². The van der Waals surface area contributed by atoms with Crippen LogP contribution < -0.4 is 0 Å². The Morgan fingerprint density at radius 3 is 1.77 bits per heavy atom. The lowest BCUT2D eigenvalue weighted by Crippen LogP contribution is -2.37. The van der Waals surface area contributed by atoms with Crippen molar-refractivity contribution in [3.63, 3.8) is 0 Å². The molecule has 0 N–H and O–H groups in total. The second-order valence-corrected chi connectivity index (χ2v) is 3.76. The second kappa shape index (κ2) is 2.32. The van der Waals surface area contributed by atoms with Gasteiger partial charge < -0.3 is 0 Å². The van der Waals surface area contributed by atoms with E-state index in [0.717, 1.165) is 22.3 Å². The molecular weight excluding hydrogens is 160 g/mol. The predicted molar refractivity (Wildman–Crippen MR) is 53.2 cm³/mol. The van der Waals surface area contributed by atoms with Crippen molar-refractivity contribution in [2.75, 3.05) is 0 Å². The van der Waals surface area contributed by atoms with Crippen molar-refractivity contribution in [1.29, 1.82) is 0 Å². The normalized spacial score (nSPS) is 33.1. The molecule has 3 saturated carbocycles. The Bertz CT molecular complexity index is 343. The first-order chi connectivity index (χ1) is 6.04. The van der Waals surface area contributed by atoms with Crippen molar-refractivity contribution < 1.29 is 4.79 Å². The molecule has 0 aromatic heterocycles. The minimum atomic E-state index is -0.218. The van der Waals surface area contributed by atoms with Crippen LogP contribution in [0.2, 0.25) is 0 Å². The number of carbonyl (C=O) groups excluding carboxylic acids is 1. The number of rotatable bonds is 0. The number of hydrogen-bond donors (Lipinski definition) is 0. The molecule has 0 radical (unpaired) electrons. The fraction of sp³-hybridized carbons (Fsp3) is 0.250. The Labute approximate surface area is 78.1 Å². The zero-order valence-corrected chi connectivity index (χ0v) is 7.60. The minimum Gasteiger partial charge on any atom is -0.299 e. The molecular formula is C12H12O. The van der Waals surface area contributed by atoms with Crippen LogP contribution in [0.4, 0.5) is 0 Å². The van der Waals surface area contributed by atoms with Crippen LogP contribution in [0.25, 0.3) is 0 Å². The summed E-state index contributed by atoms with van der Waals surface area (Å²) in [6.45, 7) is 15.7. The van der Waals surface area contributed by atoms with Gasteiger partial charge in [-0.2, -0.15) is 0 Å². The lowest BCUT2D eigenvalue weighted by Gasteiger charge is -2.41. The lowest BCUT2D eigenvalue weighted by atomic mass is 9.61. The van der Waals surface area contributed by atoms with Gasteiger partial charge in [-0.1, -0.05) is 26.3 Å². The third-order valence-electron chi connectivity index (χ3n) is 3.09. The highest BCUT2D eigenvalue weighted by Crippen LogP contribution is 2.49. The van der Waals surface area contributed by atoms with E-state index >= 15 is 0 Å². The first kappa shape index (κ1) is 8.24. The molecule has 3 fully saturated rings. The zero-order valence-electron chi connectivity index (χ0n) is 7.60. The lowest BCUT2D eigenvalue weighted by molar-refractivity contribution is -0.122. The van der Waals surface area contributed by atoms with Crippen LogP contribution in [0, 0.1) is 11.8 Å². The Kier molecular flexibility index (Phi) is 1.47. The van der Waals surface area contributed by atoms with Gasteiger partial charge in [0, 0.05) is 12.3 Å². The quantitative estimate of drug-likeness (QED) is 0.548. The van der Waals surface area contributed by atoms with Gasteiger partial charge in [0.15, 0.2) is 0 Å². The van der Waals surface area contributed by atoms with E-state index in [1.54, 1.807) is 0 Å². The molecule has 66 valence electrons. The zero-order chi connectivity index (χ0) is 9.75. The van der Waals surface area contributed by atoms with E-state index in [1.807, 2.05) is 0 Å². The molecule has 0 heterocycles. The van der Waals surface area contributed by atoms with Crippen LogP contribution in [0.3, 0.4) is 0 Å². The molecule has 1 nitrogen and oxygen atoms in total. The summed E-state index contributed by atoms with van der Waals surface area (Å²) in [5.74, 6) is 0.0855. The molecule has 0 aliphatic heterocycles. The highest BCUT2D eigenvalue weighted by atomic mass is 16.1. The maximum atomic E-state index is 11.6. The van der Waals surface area contributed by atoms with Crippen molar-refractivity contribution in [2.24, 2.45) is 11.8 Å². The van der Waals surface area contributed by atoms with Crippen LogP contribution in [0.1, 0.15) is 6.42 Å². The third kappa shape index (κ3) is 0.844. The van der Waals surface area contributed by atoms with E-state index in [1.165, 1.54) is 0 Å². The monoisotopic (exact) mass is 172 g/mol. The molecule has 0 aromatic carbocycles. The molecule has 0 amide bonds. The van der Waals surface area contributed by atoms with E-state index in [-0.39, 0.29) is 17.6 Å². The van der Waals surface area contributed by atoms with E-state index in [9.17, 15) is 4.79 Å². The van der Waals surface area contributed by atoms with Gasteiger partial charge in [-0.3, -0.25) is 4.79 Å². The standard InChI is InChI=1S/C12H12O/c1-6-8(3)12-9(4)7(2)10(6)5-11(12)13/h10,12H,1-5H2. The summed E-state index contributed by atoms with van der Waals surface area (Å²) in [5.41, 5.74) is 3.64. The molecule has 3 aliphatic carbocycles. The van der Waals surface area contributed by atoms with Crippen molar-refractivity contribution in [1.82, 2.24) is 0 Å². The number of fused-ring (bicyclic) bond motifs is 3. The van der Waals surface area contributed by atoms with E-state index in [0.29, 0.717) is 6.42 Å². The topological polar surface area (TPSA) is 17.1 Å². The van der Waals surface area contributed by atoms with Crippen LogP contribution >= 0.6 is 0 Å². The van der Waals surface area contributed by atoms with E-state index < -0.39 is 0 Å². The van der Waals surface area contributed by atoms with Gasteiger partial charge in [0.2, 0.25) is 0 Å². The first-order valence-corrected chi connectivity index (χ1v) is 4.32. The average Bonchev–Trinajstić information content (AvgIpc) is 2.07. The van der Waals surface area contributed by atoms with Gasteiger partial charge in [-0.05, 0) is 22.3 Å². The summed E-state index contributed by atoms with van der Waals surface area (Å²) < 4.78 is 0. The molecule has 2 bridgehead atoms. The highest BCUT2D eigenvalue weighted by Gasteiger charge is 2.43. The highest BCUT2D eigenvalue weighted by molar-refractivity contribution is 5.94. The Hall–Kier alpha value is -1.37. The molecule has 1 heteroatoms. The van der Waals surface area contributed by atoms with Crippen molar-refractivity contribution >= 4 is 5.78 Å². The average molecular weight is 172 g/mol. The van der Waals surface area contributed by atoms with Crippen molar-refractivity contribution in [3.05, 3.63) is 48.6 Å². The van der Waals surface area contributed by atoms with Gasteiger partial charge >= 0.3 is 0 Å². The second-order valence-electron chi connectivity index (χ2n) is 3.76. The van der Waals surface area contributed by atoms with Crippen LogP contribution in [0.5, 0.6) is 0 Å². The molecule has 0 saturated heterocycles. The fourth-order valence-electron chi connectivity index (χ4n) is 2.19. The summed E-state index contributed by atoms with van der Waals surface area (Å²) in [6.07, 6.45) is 0.542. The first-order valence-electron chi connectivity index (χ1n) is 4.32. The van der Waals surface area contributed by atoms with Crippen molar-refractivity contribution in [3.8, 4) is 0 Å². The summed E-state index contributed by atoms with van der Waals surface area (Å²) in [5, 5.41) is 0. The number of carbonyl (C=O) groups is 1. The molecule has 0 unspecified atom stereocenters. The van der Waals surface area contributed by atoms with Crippen LogP contribution in [-0.4, -0.2) is 5.78 Å². The fourth-order valence-corrected chi connectivity index (χ4v) is 2.19. The number of allylic oxidation sites excluding steroid dienone is 4. The predicted octanol–water partition coefficient (Wildman–Crippen LogP) is 2.43. The van der Waals surface area contributed by atoms with Gasteiger partial charge in [0.1, 0.15) is 5.78 Å².